The summed E-state index contributed by atoms with van der Waals surface area (Å²) in [6.45, 7) is 3.43. The Morgan fingerprint density at radius 1 is 1.05 bits per heavy atom. The average Bonchev–Trinajstić information content (AvgIpc) is 3.29. The van der Waals surface area contributed by atoms with Crippen LogP contribution in [0.3, 0.4) is 0 Å². The third kappa shape index (κ3) is 5.07. The molecule has 2 aliphatic rings. The molecule has 0 aliphatic carbocycles. The summed E-state index contributed by atoms with van der Waals surface area (Å²) in [6.07, 6.45) is -2.83. The van der Waals surface area contributed by atoms with Gasteiger partial charge in [-0.05, 0) is 34.9 Å². The molecule has 0 radical (unpaired) electrons. The van der Waals surface area contributed by atoms with Crippen molar-refractivity contribution in [2.75, 3.05) is 18.4 Å². The number of alkyl halides is 2. The number of carbonyl (C=O) groups is 2. The van der Waals surface area contributed by atoms with Crippen LogP contribution < -0.4 is 10.1 Å². The smallest absolute Gasteiger partial charge is 0.264 e. The van der Waals surface area contributed by atoms with Gasteiger partial charge < -0.3 is 25.0 Å². The number of benzene rings is 3. The van der Waals surface area contributed by atoms with E-state index in [4.69, 9.17) is 4.74 Å². The highest BCUT2D eigenvalue weighted by Gasteiger charge is 2.33. The van der Waals surface area contributed by atoms with Gasteiger partial charge in [-0.25, -0.2) is 8.78 Å². The fourth-order valence-electron chi connectivity index (χ4n) is 4.72. The van der Waals surface area contributed by atoms with Gasteiger partial charge in [0.1, 0.15) is 23.7 Å². The first-order chi connectivity index (χ1) is 17.8. The Kier molecular flexibility index (Phi) is 6.69. The highest BCUT2D eigenvalue weighted by Crippen LogP contribution is 2.38. The SMILES string of the molecule is CC(=O)N1CC(Nc2cccc3c2CN(C(=O)c2c(O)cc(C(F)F)cc2OCc2ccccc2)C3)C1. The number of nitrogens with one attached hydrogen (secondary N) is 1. The molecule has 5 rings (SSSR count). The van der Waals surface area contributed by atoms with Gasteiger partial charge >= 0.3 is 0 Å². The summed E-state index contributed by atoms with van der Waals surface area (Å²) < 4.78 is 32.7. The average molecular weight is 508 g/mol. The summed E-state index contributed by atoms with van der Waals surface area (Å²) in [6, 6.07) is 17.1. The number of nitrogens with zero attached hydrogens (tertiary/aromatic N) is 2. The van der Waals surface area contributed by atoms with E-state index in [1.54, 1.807) is 16.7 Å². The van der Waals surface area contributed by atoms with Crippen LogP contribution in [0.15, 0.2) is 60.7 Å². The molecule has 0 bridgehead atoms. The van der Waals surface area contributed by atoms with Gasteiger partial charge in [0.15, 0.2) is 0 Å². The second-order valence-corrected chi connectivity index (χ2v) is 9.36. The number of hydrogen-bond acceptors (Lipinski definition) is 5. The van der Waals surface area contributed by atoms with Crippen LogP contribution in [0.5, 0.6) is 11.5 Å². The van der Waals surface area contributed by atoms with Crippen molar-refractivity contribution in [3.05, 3.63) is 88.5 Å². The molecule has 0 aromatic heterocycles. The minimum atomic E-state index is -2.83. The van der Waals surface area contributed by atoms with Gasteiger partial charge in [-0.15, -0.1) is 0 Å². The van der Waals surface area contributed by atoms with E-state index >= 15 is 0 Å². The maximum absolute atomic E-state index is 13.6. The first kappa shape index (κ1) is 24.5. The Morgan fingerprint density at radius 2 is 1.81 bits per heavy atom. The van der Waals surface area contributed by atoms with E-state index in [1.807, 2.05) is 48.5 Å². The summed E-state index contributed by atoms with van der Waals surface area (Å²) in [5.74, 6) is -1.10. The van der Waals surface area contributed by atoms with Crippen LogP contribution in [0.25, 0.3) is 0 Å². The van der Waals surface area contributed by atoms with Gasteiger partial charge in [-0.1, -0.05) is 42.5 Å². The highest BCUT2D eigenvalue weighted by molar-refractivity contribution is 6.00. The van der Waals surface area contributed by atoms with E-state index < -0.39 is 23.6 Å². The topological polar surface area (TPSA) is 82.1 Å². The second kappa shape index (κ2) is 10.1. The molecule has 0 saturated carbocycles. The third-order valence-electron chi connectivity index (χ3n) is 6.76. The summed E-state index contributed by atoms with van der Waals surface area (Å²) in [7, 11) is 0. The molecule has 1 fully saturated rings. The summed E-state index contributed by atoms with van der Waals surface area (Å²) in [4.78, 5) is 28.4. The number of fused-ring (bicyclic) bond motifs is 1. The molecule has 2 amide bonds. The van der Waals surface area contributed by atoms with Crippen LogP contribution >= 0.6 is 0 Å². The Bertz CT molecular complexity index is 1330. The quantitative estimate of drug-likeness (QED) is 0.484. The number of amides is 2. The van der Waals surface area contributed by atoms with E-state index in [9.17, 15) is 23.5 Å². The van der Waals surface area contributed by atoms with Crippen LogP contribution in [0.1, 0.15) is 46.0 Å². The van der Waals surface area contributed by atoms with Crippen LogP contribution in [0.4, 0.5) is 14.5 Å². The molecule has 192 valence electrons. The molecule has 0 atom stereocenters. The number of carbonyl (C=O) groups excluding carboxylic acids is 2. The Labute approximate surface area is 213 Å². The van der Waals surface area contributed by atoms with Crippen molar-refractivity contribution in [3.8, 4) is 11.5 Å². The number of rotatable bonds is 7. The fraction of sp³-hybridized carbons (Fsp3) is 0.286. The van der Waals surface area contributed by atoms with Crippen molar-refractivity contribution in [2.24, 2.45) is 0 Å². The molecule has 9 heteroatoms. The number of hydrogen-bond donors (Lipinski definition) is 2. The predicted molar refractivity (Wildman–Crippen MR) is 134 cm³/mol. The van der Waals surface area contributed by atoms with Crippen molar-refractivity contribution >= 4 is 17.5 Å². The molecule has 37 heavy (non-hydrogen) atoms. The number of phenolic OH excluding ortho intramolecular Hbond substituents is 1. The summed E-state index contributed by atoms with van der Waals surface area (Å²) in [5.41, 5.74) is 3.03. The zero-order valence-electron chi connectivity index (χ0n) is 20.3. The molecule has 2 aliphatic heterocycles. The fourth-order valence-corrected chi connectivity index (χ4v) is 4.72. The van der Waals surface area contributed by atoms with Gasteiger partial charge in [0.05, 0.1) is 6.04 Å². The molecule has 2 heterocycles. The summed E-state index contributed by atoms with van der Waals surface area (Å²) >= 11 is 0. The minimum Gasteiger partial charge on any atom is -0.507 e. The largest absolute Gasteiger partial charge is 0.507 e. The van der Waals surface area contributed by atoms with Gasteiger partial charge in [0.25, 0.3) is 12.3 Å². The normalized spacial score (nSPS) is 14.9. The van der Waals surface area contributed by atoms with Crippen LogP contribution in [-0.2, 0) is 24.5 Å². The van der Waals surface area contributed by atoms with E-state index in [2.05, 4.69) is 5.32 Å². The van der Waals surface area contributed by atoms with Gasteiger partial charge in [0, 0.05) is 44.4 Å². The van der Waals surface area contributed by atoms with Crippen molar-refractivity contribution in [2.45, 2.75) is 39.1 Å². The van der Waals surface area contributed by atoms with Crippen LogP contribution in [0.2, 0.25) is 0 Å². The molecular weight excluding hydrogens is 480 g/mol. The lowest BCUT2D eigenvalue weighted by Gasteiger charge is -2.39. The standard InChI is InChI=1S/C28H27F2N3O4/c1-17(34)32-13-21(14-32)31-23-9-5-8-19-12-33(15-22(19)23)28(36)26-24(35)10-20(27(29)30)11-25(26)37-16-18-6-3-2-4-7-18/h2-11,21,27,31,35H,12-16H2,1H3. The van der Waals surface area contributed by atoms with E-state index in [0.717, 1.165) is 34.5 Å². The zero-order chi connectivity index (χ0) is 26.1. The molecule has 1 saturated heterocycles. The number of halogens is 2. The van der Waals surface area contributed by atoms with Crippen LogP contribution in [-0.4, -0.2) is 45.9 Å². The predicted octanol–water partition coefficient (Wildman–Crippen LogP) is 4.71. The molecule has 3 aromatic carbocycles. The number of phenols is 1. The van der Waals surface area contributed by atoms with Crippen molar-refractivity contribution < 1.29 is 28.2 Å². The maximum atomic E-state index is 13.6. The first-order valence-corrected chi connectivity index (χ1v) is 12.0. The van der Waals surface area contributed by atoms with Gasteiger partial charge in [0.2, 0.25) is 5.91 Å². The monoisotopic (exact) mass is 507 g/mol. The highest BCUT2D eigenvalue weighted by atomic mass is 19.3. The number of anilines is 1. The Balaban J connectivity index is 1.37. The van der Waals surface area contributed by atoms with Crippen molar-refractivity contribution in [1.29, 1.82) is 0 Å². The van der Waals surface area contributed by atoms with Crippen LogP contribution in [0, 0.1) is 0 Å². The minimum absolute atomic E-state index is 0.0380. The second-order valence-electron chi connectivity index (χ2n) is 9.36. The lowest BCUT2D eigenvalue weighted by molar-refractivity contribution is -0.132. The van der Waals surface area contributed by atoms with E-state index in [-0.39, 0.29) is 36.4 Å². The maximum Gasteiger partial charge on any atom is 0.264 e. The summed E-state index contributed by atoms with van der Waals surface area (Å²) in [5, 5.41) is 14.1. The lowest BCUT2D eigenvalue weighted by Crippen LogP contribution is -2.56. The number of aromatic hydroxyl groups is 1. The molecule has 0 unspecified atom stereocenters. The van der Waals surface area contributed by atoms with Crippen molar-refractivity contribution in [1.82, 2.24) is 9.80 Å². The number of ether oxygens (including phenoxy) is 1. The van der Waals surface area contributed by atoms with Crippen molar-refractivity contribution in [3.63, 3.8) is 0 Å². The van der Waals surface area contributed by atoms with E-state index in [1.165, 1.54) is 0 Å². The first-order valence-electron chi connectivity index (χ1n) is 12.0. The number of likely N-dealkylation sites (tertiary alicyclic amines) is 1. The molecule has 0 spiro atoms. The van der Waals surface area contributed by atoms with Gasteiger partial charge in [-0.3, -0.25) is 9.59 Å². The van der Waals surface area contributed by atoms with E-state index in [0.29, 0.717) is 19.6 Å². The molecule has 2 N–H and O–H groups in total. The lowest BCUT2D eigenvalue weighted by atomic mass is 10.0. The van der Waals surface area contributed by atoms with Gasteiger partial charge in [-0.2, -0.15) is 0 Å². The third-order valence-corrected chi connectivity index (χ3v) is 6.76. The molecule has 7 nitrogen and oxygen atoms in total. The Hall–Kier alpha value is -4.14. The molecule has 3 aromatic rings. The zero-order valence-corrected chi connectivity index (χ0v) is 20.3. The Morgan fingerprint density at radius 3 is 2.51 bits per heavy atom. The molecular formula is C28H27F2N3O4.